The van der Waals surface area contributed by atoms with Crippen LogP contribution in [0.3, 0.4) is 0 Å². The fraction of sp³-hybridized carbons (Fsp3) is 0.333. The lowest BCUT2D eigenvalue weighted by atomic mass is 10.1. The standard InChI is InChI=1S/C21H22Cl2IN3O3/c1-21(29,20(28)26-15-3-8-19(25-2)18(24)13-15)14-30-17-6-4-16(5-7-17)27(11-9-22)12-10-23/h3-8,13,29H,9-12,14H2,1H3,(H,26,28)/t21-/m0/s1. The number of hydrogen-bond donors (Lipinski definition) is 2. The van der Waals surface area contributed by atoms with Gasteiger partial charge in [0.25, 0.3) is 5.91 Å². The van der Waals surface area contributed by atoms with Gasteiger partial charge in [0, 0.05) is 39.8 Å². The van der Waals surface area contributed by atoms with Gasteiger partial charge in [0.15, 0.2) is 11.3 Å². The van der Waals surface area contributed by atoms with Gasteiger partial charge in [0.05, 0.1) is 6.57 Å². The van der Waals surface area contributed by atoms with Gasteiger partial charge >= 0.3 is 0 Å². The van der Waals surface area contributed by atoms with Crippen LogP contribution >= 0.6 is 45.8 Å². The average Bonchev–Trinajstić information content (AvgIpc) is 2.73. The van der Waals surface area contributed by atoms with Crippen LogP contribution in [0, 0.1) is 10.1 Å². The number of carbonyl (C=O) groups excluding carboxylic acids is 1. The van der Waals surface area contributed by atoms with E-state index in [-0.39, 0.29) is 6.61 Å². The molecule has 0 fully saturated rings. The molecule has 0 aromatic heterocycles. The summed E-state index contributed by atoms with van der Waals surface area (Å²) in [6.45, 7) is 9.60. The number of anilines is 2. The monoisotopic (exact) mass is 561 g/mol. The molecular formula is C21H22Cl2IN3O3. The minimum atomic E-state index is -1.74. The van der Waals surface area contributed by atoms with Crippen molar-refractivity contribution >= 4 is 68.8 Å². The molecule has 9 heteroatoms. The molecule has 2 aromatic rings. The lowest BCUT2D eigenvalue weighted by molar-refractivity contribution is -0.135. The molecule has 0 heterocycles. The largest absolute Gasteiger partial charge is 0.490 e. The molecule has 0 bridgehead atoms. The van der Waals surface area contributed by atoms with Crippen LogP contribution in [0.2, 0.25) is 0 Å². The van der Waals surface area contributed by atoms with Gasteiger partial charge in [0.2, 0.25) is 0 Å². The summed E-state index contributed by atoms with van der Waals surface area (Å²) in [6, 6.07) is 12.2. The lowest BCUT2D eigenvalue weighted by Gasteiger charge is -2.24. The third-order valence-corrected chi connectivity index (χ3v) is 5.45. The maximum absolute atomic E-state index is 12.5. The molecule has 2 aromatic carbocycles. The predicted molar refractivity (Wildman–Crippen MR) is 130 cm³/mol. The lowest BCUT2D eigenvalue weighted by Crippen LogP contribution is -2.45. The second-order valence-corrected chi connectivity index (χ2v) is 8.57. The topological polar surface area (TPSA) is 66.2 Å². The third kappa shape index (κ3) is 6.91. The van der Waals surface area contributed by atoms with E-state index in [1.807, 2.05) is 34.7 Å². The average molecular weight is 562 g/mol. The van der Waals surface area contributed by atoms with E-state index < -0.39 is 11.5 Å². The van der Waals surface area contributed by atoms with E-state index >= 15 is 0 Å². The molecule has 0 aliphatic carbocycles. The number of rotatable bonds is 10. The smallest absolute Gasteiger partial charge is 0.259 e. The van der Waals surface area contributed by atoms with Crippen LogP contribution in [0.4, 0.5) is 17.1 Å². The Kier molecular flexibility index (Phi) is 9.49. The van der Waals surface area contributed by atoms with Crippen molar-refractivity contribution in [2.24, 2.45) is 0 Å². The van der Waals surface area contributed by atoms with Gasteiger partial charge in [-0.2, -0.15) is 0 Å². The summed E-state index contributed by atoms with van der Waals surface area (Å²) >= 11 is 13.7. The highest BCUT2D eigenvalue weighted by Crippen LogP contribution is 2.25. The molecule has 1 amide bonds. The Morgan fingerprint density at radius 3 is 2.40 bits per heavy atom. The van der Waals surface area contributed by atoms with Crippen LogP contribution in [0.25, 0.3) is 4.85 Å². The number of halogens is 3. The zero-order chi connectivity index (χ0) is 22.1. The summed E-state index contributed by atoms with van der Waals surface area (Å²) in [5, 5.41) is 13.2. The van der Waals surface area contributed by atoms with Gasteiger partial charge in [-0.15, -0.1) is 23.2 Å². The van der Waals surface area contributed by atoms with Gasteiger partial charge in [0.1, 0.15) is 12.4 Å². The molecule has 1 atom stereocenters. The van der Waals surface area contributed by atoms with E-state index in [9.17, 15) is 9.90 Å². The van der Waals surface area contributed by atoms with E-state index in [1.165, 1.54) is 6.92 Å². The molecule has 160 valence electrons. The summed E-state index contributed by atoms with van der Waals surface area (Å²) in [6.07, 6.45) is 0. The summed E-state index contributed by atoms with van der Waals surface area (Å²) < 4.78 is 6.34. The van der Waals surface area contributed by atoms with Crippen molar-refractivity contribution in [3.8, 4) is 5.75 Å². The summed E-state index contributed by atoms with van der Waals surface area (Å²) in [5.41, 5.74) is 0.222. The Bertz CT molecular complexity index is 895. The number of nitrogens with one attached hydrogen (secondary N) is 1. The number of ether oxygens (including phenoxy) is 1. The van der Waals surface area contributed by atoms with E-state index in [0.29, 0.717) is 45.5 Å². The Labute approximate surface area is 200 Å². The highest BCUT2D eigenvalue weighted by molar-refractivity contribution is 14.1. The molecule has 0 saturated carbocycles. The van der Waals surface area contributed by atoms with Crippen molar-refractivity contribution in [2.75, 3.05) is 41.7 Å². The summed E-state index contributed by atoms with van der Waals surface area (Å²) in [4.78, 5) is 17.9. The molecule has 0 unspecified atom stereocenters. The second-order valence-electron chi connectivity index (χ2n) is 6.65. The SMILES string of the molecule is [C-]#[N+]c1ccc(NC(=O)[C@@](C)(O)COc2ccc(N(CCCl)CCCl)cc2)cc1I. The third-order valence-electron chi connectivity index (χ3n) is 4.25. The van der Waals surface area contributed by atoms with Gasteiger partial charge in [-0.3, -0.25) is 4.79 Å². The molecule has 6 nitrogen and oxygen atoms in total. The Morgan fingerprint density at radius 1 is 1.23 bits per heavy atom. The molecule has 0 radical (unpaired) electrons. The van der Waals surface area contributed by atoms with Crippen LogP contribution < -0.4 is 15.0 Å². The van der Waals surface area contributed by atoms with Crippen LogP contribution in [-0.2, 0) is 4.79 Å². The molecule has 2 N–H and O–H groups in total. The molecule has 2 rings (SSSR count). The molecular weight excluding hydrogens is 540 g/mol. The summed E-state index contributed by atoms with van der Waals surface area (Å²) in [5.74, 6) is 0.917. The maximum atomic E-state index is 12.5. The molecule has 0 aliphatic rings. The van der Waals surface area contributed by atoms with E-state index in [0.717, 1.165) is 5.69 Å². The number of alkyl halides is 2. The Morgan fingerprint density at radius 2 is 1.87 bits per heavy atom. The number of benzene rings is 2. The van der Waals surface area contributed by atoms with Crippen LogP contribution in [0.5, 0.6) is 5.75 Å². The first-order valence-corrected chi connectivity index (χ1v) is 11.3. The normalized spacial score (nSPS) is 12.5. The van der Waals surface area contributed by atoms with Gasteiger partial charge in [-0.25, -0.2) is 4.85 Å². The minimum absolute atomic E-state index is 0.220. The van der Waals surface area contributed by atoms with Crippen molar-refractivity contribution in [3.63, 3.8) is 0 Å². The fourth-order valence-electron chi connectivity index (χ4n) is 2.56. The summed E-state index contributed by atoms with van der Waals surface area (Å²) in [7, 11) is 0. The van der Waals surface area contributed by atoms with E-state index in [4.69, 9.17) is 34.5 Å². The molecule has 0 spiro atoms. The Hall–Kier alpha value is -1.73. The first kappa shape index (κ1) is 24.5. The number of nitrogens with zero attached hydrogens (tertiary/aromatic N) is 2. The number of aliphatic hydroxyl groups is 1. The second kappa shape index (κ2) is 11.6. The van der Waals surface area contributed by atoms with Gasteiger partial charge in [-0.1, -0.05) is 28.7 Å². The van der Waals surface area contributed by atoms with Crippen LogP contribution in [0.15, 0.2) is 42.5 Å². The highest BCUT2D eigenvalue weighted by Gasteiger charge is 2.31. The van der Waals surface area contributed by atoms with Crippen LogP contribution in [0.1, 0.15) is 6.92 Å². The van der Waals surface area contributed by atoms with Crippen molar-refractivity contribution in [3.05, 3.63) is 57.5 Å². The number of hydrogen-bond acceptors (Lipinski definition) is 4. The zero-order valence-electron chi connectivity index (χ0n) is 16.4. The van der Waals surface area contributed by atoms with Gasteiger partial charge < -0.3 is 20.1 Å². The van der Waals surface area contributed by atoms with Crippen molar-refractivity contribution in [1.82, 2.24) is 0 Å². The molecule has 0 saturated heterocycles. The molecule has 30 heavy (non-hydrogen) atoms. The van der Waals surface area contributed by atoms with Crippen molar-refractivity contribution in [2.45, 2.75) is 12.5 Å². The minimum Gasteiger partial charge on any atom is -0.490 e. The van der Waals surface area contributed by atoms with Crippen molar-refractivity contribution < 1.29 is 14.6 Å². The first-order chi connectivity index (χ1) is 14.3. The number of amides is 1. The Balaban J connectivity index is 1.97. The predicted octanol–water partition coefficient (Wildman–Crippen LogP) is 4.89. The maximum Gasteiger partial charge on any atom is 0.259 e. The molecule has 0 aliphatic heterocycles. The van der Waals surface area contributed by atoms with Crippen molar-refractivity contribution in [1.29, 1.82) is 0 Å². The first-order valence-electron chi connectivity index (χ1n) is 9.11. The quantitative estimate of drug-likeness (QED) is 0.246. The van der Waals surface area contributed by atoms with E-state index in [1.54, 1.807) is 30.3 Å². The number of carbonyl (C=O) groups is 1. The highest BCUT2D eigenvalue weighted by atomic mass is 127. The zero-order valence-corrected chi connectivity index (χ0v) is 20.0. The van der Waals surface area contributed by atoms with E-state index in [2.05, 4.69) is 15.1 Å². The van der Waals surface area contributed by atoms with Gasteiger partial charge in [-0.05, 0) is 43.3 Å². The van der Waals surface area contributed by atoms with Crippen LogP contribution in [-0.4, -0.2) is 48.1 Å². The fourth-order valence-corrected chi connectivity index (χ4v) is 3.60.